The van der Waals surface area contributed by atoms with Crippen LogP contribution < -0.4 is 0 Å². The van der Waals surface area contributed by atoms with Crippen molar-refractivity contribution in [1.29, 1.82) is 0 Å². The van der Waals surface area contributed by atoms with Gasteiger partial charge >= 0.3 is 0 Å². The Labute approximate surface area is 93.8 Å². The molecule has 0 unspecified atom stereocenters. The maximum atomic E-state index is 13.6. The molecule has 16 heavy (non-hydrogen) atoms. The van der Waals surface area contributed by atoms with Crippen molar-refractivity contribution in [3.8, 4) is 5.88 Å². The van der Waals surface area contributed by atoms with Crippen LogP contribution in [0.15, 0.2) is 24.4 Å². The molecular formula is C13H14FNO. The van der Waals surface area contributed by atoms with E-state index in [1.54, 1.807) is 12.1 Å². The van der Waals surface area contributed by atoms with Gasteiger partial charge in [-0.1, -0.05) is 26.8 Å². The van der Waals surface area contributed by atoms with Crippen LogP contribution in [0.2, 0.25) is 0 Å². The Morgan fingerprint density at radius 2 is 1.88 bits per heavy atom. The lowest BCUT2D eigenvalue weighted by molar-refractivity contribution is 0.457. The number of fused-ring (bicyclic) bond motifs is 1. The van der Waals surface area contributed by atoms with E-state index < -0.39 is 5.82 Å². The van der Waals surface area contributed by atoms with Gasteiger partial charge in [0.2, 0.25) is 5.88 Å². The van der Waals surface area contributed by atoms with Crippen LogP contribution in [0.25, 0.3) is 10.8 Å². The Morgan fingerprint density at radius 3 is 2.50 bits per heavy atom. The van der Waals surface area contributed by atoms with E-state index in [-0.39, 0.29) is 11.3 Å². The molecule has 0 spiro atoms. The van der Waals surface area contributed by atoms with Crippen molar-refractivity contribution in [2.45, 2.75) is 26.2 Å². The number of benzene rings is 1. The molecular weight excluding hydrogens is 205 g/mol. The first-order valence-corrected chi connectivity index (χ1v) is 5.17. The Hall–Kier alpha value is -1.64. The molecule has 0 saturated carbocycles. The first-order valence-electron chi connectivity index (χ1n) is 5.17. The second kappa shape index (κ2) is 3.44. The zero-order valence-electron chi connectivity index (χ0n) is 9.58. The van der Waals surface area contributed by atoms with Gasteiger partial charge in [-0.3, -0.25) is 0 Å². The third-order valence-electron chi connectivity index (χ3n) is 2.68. The third-order valence-corrected chi connectivity index (χ3v) is 2.68. The molecule has 0 amide bonds. The molecule has 1 aromatic heterocycles. The van der Waals surface area contributed by atoms with Gasteiger partial charge in [0, 0.05) is 10.8 Å². The molecule has 3 heteroatoms. The molecule has 2 nitrogen and oxygen atoms in total. The van der Waals surface area contributed by atoms with Gasteiger partial charge in [-0.05, 0) is 23.1 Å². The molecule has 0 atom stereocenters. The van der Waals surface area contributed by atoms with E-state index in [1.165, 1.54) is 0 Å². The summed E-state index contributed by atoms with van der Waals surface area (Å²) in [5.74, 6) is -0.532. The van der Waals surface area contributed by atoms with Crippen molar-refractivity contribution >= 4 is 10.8 Å². The Balaban J connectivity index is 2.76. The van der Waals surface area contributed by atoms with Gasteiger partial charge in [-0.15, -0.1) is 0 Å². The SMILES string of the molecule is CC(C)(C)c1ccc2c(O)ncc(F)c2c1. The van der Waals surface area contributed by atoms with Crippen LogP contribution in [0.3, 0.4) is 0 Å². The van der Waals surface area contributed by atoms with Crippen LogP contribution in [-0.2, 0) is 5.41 Å². The molecule has 84 valence electrons. The van der Waals surface area contributed by atoms with E-state index in [0.29, 0.717) is 10.8 Å². The van der Waals surface area contributed by atoms with Gasteiger partial charge < -0.3 is 5.11 Å². The van der Waals surface area contributed by atoms with Gasteiger partial charge in [0.1, 0.15) is 5.82 Å². The second-order valence-corrected chi connectivity index (χ2v) is 4.94. The van der Waals surface area contributed by atoms with Gasteiger partial charge in [-0.25, -0.2) is 9.37 Å². The predicted molar refractivity (Wildman–Crippen MR) is 62.1 cm³/mol. The molecule has 1 aromatic carbocycles. The fourth-order valence-corrected chi connectivity index (χ4v) is 1.66. The number of pyridine rings is 1. The van der Waals surface area contributed by atoms with Crippen molar-refractivity contribution in [3.05, 3.63) is 35.8 Å². The molecule has 0 aliphatic carbocycles. The molecule has 1 N–H and O–H groups in total. The first kappa shape index (κ1) is 10.9. The molecule has 0 aliphatic rings. The average molecular weight is 219 g/mol. The summed E-state index contributed by atoms with van der Waals surface area (Å²) in [6.45, 7) is 6.19. The molecule has 0 radical (unpaired) electrons. The zero-order valence-corrected chi connectivity index (χ0v) is 9.58. The van der Waals surface area contributed by atoms with Crippen molar-refractivity contribution in [3.63, 3.8) is 0 Å². The number of aromatic nitrogens is 1. The summed E-state index contributed by atoms with van der Waals surface area (Å²) < 4.78 is 13.6. The monoisotopic (exact) mass is 219 g/mol. The highest BCUT2D eigenvalue weighted by molar-refractivity contribution is 5.87. The summed E-state index contributed by atoms with van der Waals surface area (Å²) in [4.78, 5) is 3.58. The second-order valence-electron chi connectivity index (χ2n) is 4.94. The largest absolute Gasteiger partial charge is 0.493 e. The summed E-state index contributed by atoms with van der Waals surface area (Å²) in [5.41, 5.74) is 0.990. The lowest BCUT2D eigenvalue weighted by Crippen LogP contribution is -2.10. The number of hydrogen-bond donors (Lipinski definition) is 1. The minimum atomic E-state index is -0.404. The number of rotatable bonds is 0. The fourth-order valence-electron chi connectivity index (χ4n) is 1.66. The molecule has 0 aliphatic heterocycles. The van der Waals surface area contributed by atoms with E-state index in [0.717, 1.165) is 11.8 Å². The fraction of sp³-hybridized carbons (Fsp3) is 0.308. The van der Waals surface area contributed by atoms with Crippen LogP contribution in [0.4, 0.5) is 4.39 Å². The zero-order chi connectivity index (χ0) is 11.9. The molecule has 0 fully saturated rings. The normalized spacial score (nSPS) is 12.0. The summed E-state index contributed by atoms with van der Waals surface area (Å²) >= 11 is 0. The van der Waals surface area contributed by atoms with Gasteiger partial charge in [-0.2, -0.15) is 0 Å². The third kappa shape index (κ3) is 1.73. The van der Waals surface area contributed by atoms with Crippen molar-refractivity contribution in [2.24, 2.45) is 0 Å². The maximum Gasteiger partial charge on any atom is 0.219 e. The van der Waals surface area contributed by atoms with Crippen LogP contribution in [0.5, 0.6) is 5.88 Å². The maximum absolute atomic E-state index is 13.6. The summed E-state index contributed by atoms with van der Waals surface area (Å²) in [6.07, 6.45) is 1.05. The minimum Gasteiger partial charge on any atom is -0.493 e. The molecule has 2 aromatic rings. The molecule has 2 rings (SSSR count). The van der Waals surface area contributed by atoms with Crippen LogP contribution >= 0.6 is 0 Å². The highest BCUT2D eigenvalue weighted by atomic mass is 19.1. The first-order chi connectivity index (χ1) is 7.39. The average Bonchev–Trinajstić information content (AvgIpc) is 2.22. The lowest BCUT2D eigenvalue weighted by atomic mass is 9.86. The van der Waals surface area contributed by atoms with E-state index in [2.05, 4.69) is 25.8 Å². The van der Waals surface area contributed by atoms with Crippen molar-refractivity contribution in [2.75, 3.05) is 0 Å². The quantitative estimate of drug-likeness (QED) is 0.736. The van der Waals surface area contributed by atoms with Crippen LogP contribution in [-0.4, -0.2) is 10.1 Å². The molecule has 1 heterocycles. The summed E-state index contributed by atoms with van der Waals surface area (Å²) in [5, 5.41) is 10.4. The molecule has 0 bridgehead atoms. The Bertz CT molecular complexity index is 543. The number of nitrogens with zero attached hydrogens (tertiary/aromatic N) is 1. The van der Waals surface area contributed by atoms with Gasteiger partial charge in [0.15, 0.2) is 0 Å². The smallest absolute Gasteiger partial charge is 0.219 e. The highest BCUT2D eigenvalue weighted by Gasteiger charge is 2.15. The summed E-state index contributed by atoms with van der Waals surface area (Å²) in [7, 11) is 0. The Morgan fingerprint density at radius 1 is 1.19 bits per heavy atom. The predicted octanol–water partition coefficient (Wildman–Crippen LogP) is 3.38. The van der Waals surface area contributed by atoms with E-state index in [9.17, 15) is 9.50 Å². The van der Waals surface area contributed by atoms with Crippen LogP contribution in [0, 0.1) is 5.82 Å². The van der Waals surface area contributed by atoms with Gasteiger partial charge in [0.25, 0.3) is 0 Å². The number of halogens is 1. The Kier molecular flexibility index (Phi) is 2.34. The molecule has 0 saturated heterocycles. The minimum absolute atomic E-state index is 0.0421. The number of aromatic hydroxyl groups is 1. The highest BCUT2D eigenvalue weighted by Crippen LogP contribution is 2.30. The topological polar surface area (TPSA) is 33.1 Å². The van der Waals surface area contributed by atoms with Crippen molar-refractivity contribution < 1.29 is 9.50 Å². The van der Waals surface area contributed by atoms with Gasteiger partial charge in [0.05, 0.1) is 6.20 Å². The number of hydrogen-bond acceptors (Lipinski definition) is 2. The van der Waals surface area contributed by atoms with E-state index >= 15 is 0 Å². The standard InChI is InChI=1S/C13H14FNO/c1-13(2,3)8-4-5-9-10(6-8)11(14)7-15-12(9)16/h4-7H,1-3H3,(H,15,16). The van der Waals surface area contributed by atoms with E-state index in [4.69, 9.17) is 0 Å². The lowest BCUT2D eigenvalue weighted by Gasteiger charge is -2.19. The van der Waals surface area contributed by atoms with E-state index in [1.807, 2.05) is 6.07 Å². The summed E-state index contributed by atoms with van der Waals surface area (Å²) in [6, 6.07) is 5.37. The van der Waals surface area contributed by atoms with Crippen molar-refractivity contribution in [1.82, 2.24) is 4.98 Å². The van der Waals surface area contributed by atoms with Crippen LogP contribution in [0.1, 0.15) is 26.3 Å².